The van der Waals surface area contributed by atoms with Crippen molar-refractivity contribution >= 4 is 35.8 Å². The van der Waals surface area contributed by atoms with Crippen molar-refractivity contribution in [1.29, 1.82) is 0 Å². The van der Waals surface area contributed by atoms with Gasteiger partial charge < -0.3 is 20.3 Å². The van der Waals surface area contributed by atoms with E-state index in [1.165, 1.54) is 0 Å². The Balaban J connectivity index is 0.00000364. The van der Waals surface area contributed by atoms with Gasteiger partial charge in [-0.05, 0) is 18.6 Å². The van der Waals surface area contributed by atoms with E-state index in [0.717, 1.165) is 24.8 Å². The van der Waals surface area contributed by atoms with Crippen LogP contribution in [0.1, 0.15) is 12.5 Å². The van der Waals surface area contributed by atoms with E-state index in [1.54, 1.807) is 0 Å². The lowest BCUT2D eigenvalue weighted by Gasteiger charge is -2.19. The van der Waals surface area contributed by atoms with Gasteiger partial charge in [-0.2, -0.15) is 13.2 Å². The van der Waals surface area contributed by atoms with Crippen LogP contribution in [-0.2, 0) is 11.2 Å². The first-order valence-electron chi connectivity index (χ1n) is 8.36. The predicted molar refractivity (Wildman–Crippen MR) is 108 cm³/mol. The SMILES string of the molecule is CCNC(=NCC(=O)N(C)CC(F)(F)F)NCC1Cc2ccccc2O1.I. The topological polar surface area (TPSA) is 66.0 Å². The Morgan fingerprint density at radius 2 is 2.04 bits per heavy atom. The molecule has 1 aromatic rings. The molecule has 0 fully saturated rings. The fraction of sp³-hybridized carbons (Fsp3) is 0.529. The van der Waals surface area contributed by atoms with Gasteiger partial charge in [0.1, 0.15) is 24.9 Å². The summed E-state index contributed by atoms with van der Waals surface area (Å²) in [6, 6.07) is 7.77. The monoisotopic (exact) mass is 500 g/mol. The van der Waals surface area contributed by atoms with Crippen molar-refractivity contribution in [3.63, 3.8) is 0 Å². The number of hydrogen-bond acceptors (Lipinski definition) is 3. The molecule has 0 aliphatic carbocycles. The van der Waals surface area contributed by atoms with Gasteiger partial charge in [0.25, 0.3) is 0 Å². The lowest BCUT2D eigenvalue weighted by atomic mass is 10.1. The lowest BCUT2D eigenvalue weighted by molar-refractivity contribution is -0.157. The van der Waals surface area contributed by atoms with Crippen molar-refractivity contribution in [1.82, 2.24) is 15.5 Å². The molecule has 1 heterocycles. The predicted octanol–water partition coefficient (Wildman–Crippen LogP) is 2.18. The molecule has 1 atom stereocenters. The van der Waals surface area contributed by atoms with Crippen LogP contribution in [0.4, 0.5) is 13.2 Å². The molecular weight excluding hydrogens is 476 g/mol. The Morgan fingerprint density at radius 3 is 2.67 bits per heavy atom. The van der Waals surface area contributed by atoms with E-state index < -0.39 is 18.6 Å². The summed E-state index contributed by atoms with van der Waals surface area (Å²) in [5, 5.41) is 6.02. The van der Waals surface area contributed by atoms with Crippen LogP contribution in [0.25, 0.3) is 0 Å². The van der Waals surface area contributed by atoms with Gasteiger partial charge in [0.15, 0.2) is 5.96 Å². The van der Waals surface area contributed by atoms with Crippen molar-refractivity contribution in [3.8, 4) is 5.75 Å². The van der Waals surface area contributed by atoms with Crippen molar-refractivity contribution < 1.29 is 22.7 Å². The second kappa shape index (κ2) is 10.6. The molecule has 2 N–H and O–H groups in total. The summed E-state index contributed by atoms with van der Waals surface area (Å²) in [6.07, 6.45) is -3.73. The van der Waals surface area contributed by atoms with Gasteiger partial charge in [-0.3, -0.25) is 4.79 Å². The van der Waals surface area contributed by atoms with Crippen LogP contribution in [0.2, 0.25) is 0 Å². The van der Waals surface area contributed by atoms with Crippen molar-refractivity contribution in [2.75, 3.05) is 33.2 Å². The highest BCUT2D eigenvalue weighted by atomic mass is 127. The minimum absolute atomic E-state index is 0. The molecule has 27 heavy (non-hydrogen) atoms. The van der Waals surface area contributed by atoms with Gasteiger partial charge in [-0.15, -0.1) is 24.0 Å². The number of aliphatic imine (C=N–C) groups is 1. The molecule has 0 radical (unpaired) electrons. The quantitative estimate of drug-likeness (QED) is 0.357. The Morgan fingerprint density at radius 1 is 1.33 bits per heavy atom. The molecule has 0 spiro atoms. The van der Waals surface area contributed by atoms with Crippen molar-refractivity contribution in [2.45, 2.75) is 25.6 Å². The van der Waals surface area contributed by atoms with E-state index in [-0.39, 0.29) is 36.6 Å². The number of para-hydroxylation sites is 1. The molecule has 152 valence electrons. The highest BCUT2D eigenvalue weighted by Crippen LogP contribution is 2.27. The Bertz CT molecular complexity index is 630. The number of amides is 1. The number of likely N-dealkylation sites (N-methyl/N-ethyl adjacent to an activating group) is 1. The summed E-state index contributed by atoms with van der Waals surface area (Å²) in [5.41, 5.74) is 1.13. The van der Waals surface area contributed by atoms with Crippen LogP contribution >= 0.6 is 24.0 Å². The zero-order valence-electron chi connectivity index (χ0n) is 15.2. The standard InChI is InChI=1S/C17H23F3N4O2.HI/c1-3-21-16(23-10-15(25)24(2)11-17(18,19)20)22-9-13-8-12-6-4-5-7-14(12)26-13;/h4-7,13H,3,8-11H2,1-2H3,(H2,21,22,23);1H. The number of rotatable bonds is 6. The zero-order valence-corrected chi connectivity index (χ0v) is 17.5. The second-order valence-corrected chi connectivity index (χ2v) is 5.99. The van der Waals surface area contributed by atoms with Crippen LogP contribution in [-0.4, -0.2) is 62.3 Å². The maximum absolute atomic E-state index is 12.3. The molecule has 0 aromatic heterocycles. The summed E-state index contributed by atoms with van der Waals surface area (Å²) >= 11 is 0. The lowest BCUT2D eigenvalue weighted by Crippen LogP contribution is -2.43. The van der Waals surface area contributed by atoms with Crippen LogP contribution in [0, 0.1) is 0 Å². The number of carbonyl (C=O) groups is 1. The fourth-order valence-corrected chi connectivity index (χ4v) is 2.54. The molecule has 0 bridgehead atoms. The second-order valence-electron chi connectivity index (χ2n) is 5.99. The third-order valence-corrected chi connectivity index (χ3v) is 3.77. The summed E-state index contributed by atoms with van der Waals surface area (Å²) in [5.74, 6) is 0.509. The average molecular weight is 500 g/mol. The minimum atomic E-state index is -4.42. The number of hydrogen-bond donors (Lipinski definition) is 2. The number of halogens is 4. The van der Waals surface area contributed by atoms with Crippen LogP contribution < -0.4 is 15.4 Å². The summed E-state index contributed by atoms with van der Waals surface area (Å²) < 4.78 is 42.8. The van der Waals surface area contributed by atoms with E-state index in [9.17, 15) is 18.0 Å². The number of nitrogens with one attached hydrogen (secondary N) is 2. The third-order valence-electron chi connectivity index (χ3n) is 3.77. The van der Waals surface area contributed by atoms with Gasteiger partial charge >= 0.3 is 6.18 Å². The number of ether oxygens (including phenoxy) is 1. The average Bonchev–Trinajstić information content (AvgIpc) is 2.98. The van der Waals surface area contributed by atoms with E-state index in [4.69, 9.17) is 4.74 Å². The summed E-state index contributed by atoms with van der Waals surface area (Å²) in [7, 11) is 1.11. The molecular formula is C17H24F3IN4O2. The molecule has 2 rings (SSSR count). The van der Waals surface area contributed by atoms with Crippen molar-refractivity contribution in [3.05, 3.63) is 29.8 Å². The van der Waals surface area contributed by atoms with E-state index in [1.807, 2.05) is 31.2 Å². The first kappa shape index (κ1) is 23.3. The highest BCUT2D eigenvalue weighted by molar-refractivity contribution is 14.0. The zero-order chi connectivity index (χ0) is 19.2. The number of alkyl halides is 3. The summed E-state index contributed by atoms with van der Waals surface area (Å²) in [6.45, 7) is 1.22. The first-order chi connectivity index (χ1) is 12.3. The molecule has 1 aromatic carbocycles. The molecule has 1 amide bonds. The minimum Gasteiger partial charge on any atom is -0.488 e. The van der Waals surface area contributed by atoms with E-state index >= 15 is 0 Å². The van der Waals surface area contributed by atoms with Crippen LogP contribution in [0.5, 0.6) is 5.75 Å². The van der Waals surface area contributed by atoms with Gasteiger partial charge in [0, 0.05) is 20.0 Å². The number of nitrogens with zero attached hydrogens (tertiary/aromatic N) is 2. The number of benzene rings is 1. The molecule has 6 nitrogen and oxygen atoms in total. The maximum atomic E-state index is 12.3. The Hall–Kier alpha value is -1.72. The van der Waals surface area contributed by atoms with E-state index in [0.29, 0.717) is 23.9 Å². The summed E-state index contributed by atoms with van der Waals surface area (Å²) in [4.78, 5) is 16.4. The molecule has 0 saturated heterocycles. The number of carbonyl (C=O) groups excluding carboxylic acids is 1. The Kier molecular flexibility index (Phi) is 9.13. The Labute approximate surface area is 173 Å². The maximum Gasteiger partial charge on any atom is 0.406 e. The molecule has 10 heteroatoms. The van der Waals surface area contributed by atoms with E-state index in [2.05, 4.69) is 15.6 Å². The number of fused-ring (bicyclic) bond motifs is 1. The highest BCUT2D eigenvalue weighted by Gasteiger charge is 2.31. The first-order valence-corrected chi connectivity index (χ1v) is 8.36. The fourth-order valence-electron chi connectivity index (χ4n) is 2.54. The third kappa shape index (κ3) is 7.81. The van der Waals surface area contributed by atoms with Crippen molar-refractivity contribution in [2.24, 2.45) is 4.99 Å². The van der Waals surface area contributed by atoms with Gasteiger partial charge in [-0.1, -0.05) is 18.2 Å². The largest absolute Gasteiger partial charge is 0.488 e. The molecule has 1 unspecified atom stereocenters. The number of guanidine groups is 1. The molecule has 1 aliphatic heterocycles. The van der Waals surface area contributed by atoms with Crippen LogP contribution in [0.15, 0.2) is 29.3 Å². The van der Waals surface area contributed by atoms with Gasteiger partial charge in [0.05, 0.1) is 6.54 Å². The van der Waals surface area contributed by atoms with Gasteiger partial charge in [-0.25, -0.2) is 4.99 Å². The molecule has 0 saturated carbocycles. The molecule has 1 aliphatic rings. The smallest absolute Gasteiger partial charge is 0.406 e. The van der Waals surface area contributed by atoms with Crippen LogP contribution in [0.3, 0.4) is 0 Å². The van der Waals surface area contributed by atoms with Gasteiger partial charge in [0.2, 0.25) is 5.91 Å². The normalized spacial score (nSPS) is 16.0.